The normalized spacial score (nSPS) is 22.9. The van der Waals surface area contributed by atoms with Crippen LogP contribution < -0.4 is 0 Å². The Morgan fingerprint density at radius 3 is 2.55 bits per heavy atom. The van der Waals surface area contributed by atoms with E-state index in [0.717, 1.165) is 6.07 Å². The quantitative estimate of drug-likeness (QED) is 0.852. The lowest BCUT2D eigenvalue weighted by Crippen LogP contribution is -2.27. The third-order valence-electron chi connectivity index (χ3n) is 3.44. The van der Waals surface area contributed by atoms with Crippen molar-refractivity contribution in [3.05, 3.63) is 33.9 Å². The van der Waals surface area contributed by atoms with E-state index < -0.39 is 27.9 Å². The van der Waals surface area contributed by atoms with Gasteiger partial charge in [0.05, 0.1) is 5.60 Å². The Labute approximate surface area is 120 Å². The predicted octanol–water partition coefficient (Wildman–Crippen LogP) is 3.37. The largest absolute Gasteiger partial charge is 0.386 e. The Morgan fingerprint density at radius 1 is 1.45 bits per heavy atom. The summed E-state index contributed by atoms with van der Waals surface area (Å²) in [5, 5.41) is 18.5. The van der Waals surface area contributed by atoms with Gasteiger partial charge in [0.15, 0.2) is 17.2 Å². The van der Waals surface area contributed by atoms with Gasteiger partial charge < -0.3 is 9.84 Å². The summed E-state index contributed by atoms with van der Waals surface area (Å²) in [5.41, 5.74) is -3.31. The minimum Gasteiger partial charge on any atom is -0.386 e. The molecule has 6 heteroatoms. The summed E-state index contributed by atoms with van der Waals surface area (Å²) >= 11 is 5.67. The molecule has 0 amide bonds. The molecule has 1 aromatic rings. The van der Waals surface area contributed by atoms with E-state index in [-0.39, 0.29) is 11.1 Å². The fraction of sp³-hybridized carbons (Fsp3) is 0.500. The highest BCUT2D eigenvalue weighted by Gasteiger charge is 2.42. The summed E-state index contributed by atoms with van der Waals surface area (Å²) in [5.74, 6) is -2.04. The predicted molar refractivity (Wildman–Crippen MR) is 69.1 cm³/mol. The Bertz CT molecular complexity index is 584. The van der Waals surface area contributed by atoms with Crippen molar-refractivity contribution in [2.24, 2.45) is 0 Å². The number of ether oxygens (including phenoxy) is 1. The number of hydrogen-bond donors (Lipinski definition) is 1. The first-order chi connectivity index (χ1) is 9.23. The fourth-order valence-corrected chi connectivity index (χ4v) is 2.55. The molecule has 1 aromatic carbocycles. The molecule has 1 aliphatic rings. The summed E-state index contributed by atoms with van der Waals surface area (Å²) < 4.78 is 33.6. The van der Waals surface area contributed by atoms with E-state index >= 15 is 0 Å². The molecule has 1 N–H and O–H groups in total. The lowest BCUT2D eigenvalue weighted by atomic mass is 9.87. The van der Waals surface area contributed by atoms with E-state index in [1.165, 1.54) is 13.8 Å². The Kier molecular flexibility index (Phi) is 3.76. The summed E-state index contributed by atoms with van der Waals surface area (Å²) in [6.07, 6.45) is 0.896. The first-order valence-electron chi connectivity index (χ1n) is 6.19. The molecular formula is C14H14ClF2NO2. The number of halogens is 3. The van der Waals surface area contributed by atoms with Gasteiger partial charge in [-0.3, -0.25) is 0 Å². The molecule has 2 rings (SSSR count). The molecule has 0 bridgehead atoms. The van der Waals surface area contributed by atoms with Gasteiger partial charge in [-0.05, 0) is 32.8 Å². The van der Waals surface area contributed by atoms with Gasteiger partial charge in [0.25, 0.3) is 0 Å². The first kappa shape index (κ1) is 15.2. The van der Waals surface area contributed by atoms with E-state index in [0.29, 0.717) is 19.4 Å². The van der Waals surface area contributed by atoms with Gasteiger partial charge in [-0.1, -0.05) is 11.6 Å². The maximum atomic E-state index is 14.2. The zero-order valence-electron chi connectivity index (χ0n) is 11.1. The highest BCUT2D eigenvalue weighted by molar-refractivity contribution is 6.31. The van der Waals surface area contributed by atoms with Gasteiger partial charge >= 0.3 is 0 Å². The molecule has 20 heavy (non-hydrogen) atoms. The fourth-order valence-electron chi connectivity index (χ4n) is 2.34. The number of aliphatic hydroxyl groups is 1. The third-order valence-corrected chi connectivity index (χ3v) is 3.78. The van der Waals surface area contributed by atoms with E-state index in [2.05, 4.69) is 0 Å². The maximum absolute atomic E-state index is 14.2. The molecule has 0 aromatic heterocycles. The van der Waals surface area contributed by atoms with Crippen LogP contribution in [0.25, 0.3) is 0 Å². The summed E-state index contributed by atoms with van der Waals surface area (Å²) in [7, 11) is 0. The summed E-state index contributed by atoms with van der Waals surface area (Å²) in [4.78, 5) is 0. The molecule has 0 radical (unpaired) electrons. The molecule has 1 atom stereocenters. The van der Waals surface area contributed by atoms with Crippen molar-refractivity contribution in [3.63, 3.8) is 0 Å². The molecule has 108 valence electrons. The van der Waals surface area contributed by atoms with Crippen LogP contribution in [0.2, 0.25) is 5.02 Å². The van der Waals surface area contributed by atoms with Crippen LogP contribution in [0, 0.1) is 23.0 Å². The molecular weight excluding hydrogens is 288 g/mol. The smallest absolute Gasteiger partial charge is 0.182 e. The molecule has 1 saturated heterocycles. The van der Waals surface area contributed by atoms with Crippen molar-refractivity contribution in [2.75, 3.05) is 6.61 Å². The Morgan fingerprint density at radius 2 is 2.10 bits per heavy atom. The van der Waals surface area contributed by atoms with Gasteiger partial charge in [-0.2, -0.15) is 5.26 Å². The molecule has 1 aliphatic heterocycles. The number of hydrogen-bond acceptors (Lipinski definition) is 3. The molecule has 1 unspecified atom stereocenters. The molecule has 1 heterocycles. The zero-order valence-corrected chi connectivity index (χ0v) is 11.9. The number of rotatable bonds is 2. The van der Waals surface area contributed by atoms with Crippen molar-refractivity contribution >= 4 is 11.6 Å². The summed E-state index contributed by atoms with van der Waals surface area (Å²) in [6.45, 7) is 3.04. The van der Waals surface area contributed by atoms with Gasteiger partial charge in [-0.15, -0.1) is 0 Å². The third kappa shape index (κ3) is 2.28. The van der Waals surface area contributed by atoms with Gasteiger partial charge in [-0.25, -0.2) is 8.78 Å². The minimum absolute atomic E-state index is 0.124. The van der Waals surface area contributed by atoms with E-state index in [4.69, 9.17) is 16.3 Å². The monoisotopic (exact) mass is 301 g/mol. The highest BCUT2D eigenvalue weighted by atomic mass is 35.5. The zero-order chi connectivity index (χ0) is 15.1. The average Bonchev–Trinajstić information content (AvgIpc) is 2.84. The van der Waals surface area contributed by atoms with E-state index in [9.17, 15) is 19.1 Å². The summed E-state index contributed by atoms with van der Waals surface area (Å²) in [6, 6.07) is 3.06. The van der Waals surface area contributed by atoms with E-state index in [1.807, 2.05) is 6.07 Å². The van der Waals surface area contributed by atoms with Crippen LogP contribution in [-0.2, 0) is 15.9 Å². The van der Waals surface area contributed by atoms with Crippen molar-refractivity contribution in [2.45, 2.75) is 37.9 Å². The second-order valence-electron chi connectivity index (χ2n) is 5.36. The van der Waals surface area contributed by atoms with Crippen LogP contribution in [0.1, 0.15) is 37.8 Å². The van der Waals surface area contributed by atoms with Crippen LogP contribution in [0.15, 0.2) is 6.07 Å². The van der Waals surface area contributed by atoms with Crippen LogP contribution in [-0.4, -0.2) is 11.7 Å². The SMILES string of the molecule is CC(C)(O)c1cc(C2(C#N)CCCO2)c(F)c(Cl)c1F. The van der Waals surface area contributed by atoms with Crippen molar-refractivity contribution in [1.29, 1.82) is 5.26 Å². The van der Waals surface area contributed by atoms with Crippen molar-refractivity contribution < 1.29 is 18.6 Å². The Hall–Kier alpha value is -1.22. The van der Waals surface area contributed by atoms with Crippen molar-refractivity contribution in [1.82, 2.24) is 0 Å². The van der Waals surface area contributed by atoms with Crippen LogP contribution in [0.3, 0.4) is 0 Å². The second-order valence-corrected chi connectivity index (χ2v) is 5.74. The topological polar surface area (TPSA) is 53.2 Å². The molecule has 3 nitrogen and oxygen atoms in total. The van der Waals surface area contributed by atoms with Crippen molar-refractivity contribution in [3.8, 4) is 6.07 Å². The van der Waals surface area contributed by atoms with Gasteiger partial charge in [0.2, 0.25) is 0 Å². The standard InChI is InChI=1S/C14H14ClF2NO2/c1-13(2,19)8-6-9(12(17)10(15)11(8)16)14(7-18)4-3-5-20-14/h6,19H,3-5H2,1-2H3. The maximum Gasteiger partial charge on any atom is 0.182 e. The Balaban J connectivity index is 2.72. The van der Waals surface area contributed by atoms with Gasteiger partial charge in [0, 0.05) is 17.7 Å². The number of nitriles is 1. The molecule has 0 saturated carbocycles. The van der Waals surface area contributed by atoms with E-state index in [1.54, 1.807) is 0 Å². The number of nitrogens with zero attached hydrogens (tertiary/aromatic N) is 1. The minimum atomic E-state index is -1.55. The van der Waals surface area contributed by atoms with Gasteiger partial charge in [0.1, 0.15) is 11.1 Å². The number of benzene rings is 1. The lowest BCUT2D eigenvalue weighted by Gasteiger charge is -2.26. The second kappa shape index (κ2) is 4.96. The highest BCUT2D eigenvalue weighted by Crippen LogP contribution is 2.41. The molecule has 0 spiro atoms. The van der Waals surface area contributed by atoms with Crippen LogP contribution in [0.5, 0.6) is 0 Å². The van der Waals surface area contributed by atoms with Crippen LogP contribution >= 0.6 is 11.6 Å². The average molecular weight is 302 g/mol. The van der Waals surface area contributed by atoms with Crippen LogP contribution in [0.4, 0.5) is 8.78 Å². The lowest BCUT2D eigenvalue weighted by molar-refractivity contribution is 0.0448. The molecule has 0 aliphatic carbocycles. The first-order valence-corrected chi connectivity index (χ1v) is 6.57. The molecule has 1 fully saturated rings.